The zero-order valence-electron chi connectivity index (χ0n) is 20.0. The molecule has 0 spiro atoms. The van der Waals surface area contributed by atoms with Gasteiger partial charge in [0.2, 0.25) is 21.8 Å². The second-order valence-electron chi connectivity index (χ2n) is 8.43. The monoisotopic (exact) mass is 527 g/mol. The van der Waals surface area contributed by atoms with Crippen LogP contribution in [0, 0.1) is 6.92 Å². The standard InChI is InChI=1S/C24H31Cl2N3O4S/c1-6-22(24(31)27-16(2)3)29(14-18-9-12-20(25)21(26)13-18)23(30)15-28(5)34(32,33)19-10-7-17(4)8-11-19/h7-13,16,22H,6,14-15H2,1-5H3,(H,27,31). The lowest BCUT2D eigenvalue weighted by Crippen LogP contribution is -2.52. The van der Waals surface area contributed by atoms with Crippen LogP contribution in [0.5, 0.6) is 0 Å². The summed E-state index contributed by atoms with van der Waals surface area (Å²) in [7, 11) is -2.55. The Balaban J connectivity index is 2.35. The average molecular weight is 529 g/mol. The summed E-state index contributed by atoms with van der Waals surface area (Å²) in [6.07, 6.45) is 0.347. The minimum absolute atomic E-state index is 0.0676. The van der Waals surface area contributed by atoms with Gasteiger partial charge in [-0.2, -0.15) is 4.31 Å². The van der Waals surface area contributed by atoms with E-state index in [-0.39, 0.29) is 23.4 Å². The fourth-order valence-electron chi connectivity index (χ4n) is 3.39. The highest BCUT2D eigenvalue weighted by Gasteiger charge is 2.32. The van der Waals surface area contributed by atoms with Crippen molar-refractivity contribution in [1.29, 1.82) is 0 Å². The Kier molecular flexibility index (Phi) is 9.94. The number of carbonyl (C=O) groups is 2. The largest absolute Gasteiger partial charge is 0.352 e. The number of nitrogens with one attached hydrogen (secondary N) is 1. The highest BCUT2D eigenvalue weighted by Crippen LogP contribution is 2.24. The summed E-state index contributed by atoms with van der Waals surface area (Å²) >= 11 is 12.2. The molecule has 0 saturated heterocycles. The van der Waals surface area contributed by atoms with E-state index in [1.165, 1.54) is 24.1 Å². The molecule has 1 unspecified atom stereocenters. The van der Waals surface area contributed by atoms with Crippen molar-refractivity contribution in [3.63, 3.8) is 0 Å². The third-order valence-electron chi connectivity index (χ3n) is 5.24. The molecule has 0 saturated carbocycles. The molecule has 1 N–H and O–H groups in total. The number of nitrogens with zero attached hydrogens (tertiary/aromatic N) is 2. The maximum Gasteiger partial charge on any atom is 0.243 e. The maximum absolute atomic E-state index is 13.4. The summed E-state index contributed by atoms with van der Waals surface area (Å²) in [6, 6.07) is 10.5. The van der Waals surface area contributed by atoms with Gasteiger partial charge in [0.1, 0.15) is 6.04 Å². The Bertz CT molecular complexity index is 1120. The van der Waals surface area contributed by atoms with Crippen LogP contribution in [-0.2, 0) is 26.2 Å². The number of halogens is 2. The predicted octanol–water partition coefficient (Wildman–Crippen LogP) is 4.25. The van der Waals surface area contributed by atoms with E-state index >= 15 is 0 Å². The normalized spacial score (nSPS) is 12.6. The minimum Gasteiger partial charge on any atom is -0.352 e. The fraction of sp³-hybridized carbons (Fsp3) is 0.417. The highest BCUT2D eigenvalue weighted by molar-refractivity contribution is 7.89. The molecule has 186 valence electrons. The second-order valence-corrected chi connectivity index (χ2v) is 11.3. The smallest absolute Gasteiger partial charge is 0.243 e. The first-order chi connectivity index (χ1) is 15.9. The van der Waals surface area contributed by atoms with Crippen LogP contribution in [0.15, 0.2) is 47.4 Å². The van der Waals surface area contributed by atoms with Gasteiger partial charge in [0.15, 0.2) is 0 Å². The van der Waals surface area contributed by atoms with Crippen LogP contribution in [0.3, 0.4) is 0 Å². The summed E-state index contributed by atoms with van der Waals surface area (Å²) in [5.74, 6) is -0.815. The summed E-state index contributed by atoms with van der Waals surface area (Å²) in [4.78, 5) is 27.8. The van der Waals surface area contributed by atoms with E-state index in [1.54, 1.807) is 37.3 Å². The molecular weight excluding hydrogens is 497 g/mol. The molecule has 0 bridgehead atoms. The molecule has 2 amide bonds. The predicted molar refractivity (Wildman–Crippen MR) is 135 cm³/mol. The van der Waals surface area contributed by atoms with Gasteiger partial charge in [-0.1, -0.05) is 53.9 Å². The number of amides is 2. The zero-order valence-corrected chi connectivity index (χ0v) is 22.3. The number of likely N-dealkylation sites (N-methyl/N-ethyl adjacent to an activating group) is 1. The first-order valence-corrected chi connectivity index (χ1v) is 13.1. The Labute approximate surface area is 212 Å². The van der Waals surface area contributed by atoms with E-state index in [1.807, 2.05) is 20.8 Å². The van der Waals surface area contributed by atoms with Crippen LogP contribution in [0.2, 0.25) is 10.0 Å². The van der Waals surface area contributed by atoms with E-state index in [4.69, 9.17) is 23.2 Å². The average Bonchev–Trinajstić information content (AvgIpc) is 2.75. The molecule has 2 rings (SSSR count). The van der Waals surface area contributed by atoms with Crippen molar-refractivity contribution in [1.82, 2.24) is 14.5 Å². The first-order valence-electron chi connectivity index (χ1n) is 10.9. The number of sulfonamides is 1. The van der Waals surface area contributed by atoms with Gasteiger partial charge in [0.25, 0.3) is 0 Å². The number of hydrogen-bond acceptors (Lipinski definition) is 4. The molecule has 7 nitrogen and oxygen atoms in total. The topological polar surface area (TPSA) is 86.8 Å². The van der Waals surface area contributed by atoms with E-state index in [0.717, 1.165) is 9.87 Å². The lowest BCUT2D eigenvalue weighted by molar-refractivity contribution is -0.141. The molecule has 0 aliphatic rings. The quantitative estimate of drug-likeness (QED) is 0.500. The molecular formula is C24H31Cl2N3O4S. The van der Waals surface area contributed by atoms with Gasteiger partial charge >= 0.3 is 0 Å². The Morgan fingerprint density at radius 1 is 1.03 bits per heavy atom. The maximum atomic E-state index is 13.4. The number of aryl methyl sites for hydroxylation is 1. The molecule has 0 heterocycles. The van der Waals surface area contributed by atoms with Crippen molar-refractivity contribution >= 4 is 45.0 Å². The second kappa shape index (κ2) is 12.0. The van der Waals surface area contributed by atoms with Gasteiger partial charge < -0.3 is 10.2 Å². The third kappa shape index (κ3) is 7.18. The van der Waals surface area contributed by atoms with Crippen molar-refractivity contribution in [2.45, 2.75) is 57.6 Å². The van der Waals surface area contributed by atoms with Crippen LogP contribution in [0.1, 0.15) is 38.3 Å². The Morgan fingerprint density at radius 2 is 1.65 bits per heavy atom. The van der Waals surface area contributed by atoms with Crippen molar-refractivity contribution < 1.29 is 18.0 Å². The van der Waals surface area contributed by atoms with Crippen molar-refractivity contribution in [3.8, 4) is 0 Å². The molecule has 2 aromatic rings. The number of carbonyl (C=O) groups excluding carboxylic acids is 2. The summed E-state index contributed by atoms with van der Waals surface area (Å²) < 4.78 is 27.0. The molecule has 0 aliphatic heterocycles. The van der Waals surface area contributed by atoms with Crippen molar-refractivity contribution in [3.05, 3.63) is 63.6 Å². The lowest BCUT2D eigenvalue weighted by Gasteiger charge is -2.32. The summed E-state index contributed by atoms with van der Waals surface area (Å²) in [6.45, 7) is 6.96. The molecule has 0 radical (unpaired) electrons. The van der Waals surface area contributed by atoms with Gasteiger partial charge in [0, 0.05) is 19.6 Å². The molecule has 2 aromatic carbocycles. The molecule has 34 heavy (non-hydrogen) atoms. The van der Waals surface area contributed by atoms with E-state index in [9.17, 15) is 18.0 Å². The third-order valence-corrected chi connectivity index (χ3v) is 7.80. The van der Waals surface area contributed by atoms with Gasteiger partial charge in [-0.25, -0.2) is 8.42 Å². The Hall–Kier alpha value is -2.13. The molecule has 1 atom stereocenters. The fourth-order valence-corrected chi connectivity index (χ4v) is 4.83. The zero-order chi connectivity index (χ0) is 25.6. The molecule has 0 aromatic heterocycles. The van der Waals surface area contributed by atoms with Gasteiger partial charge in [-0.15, -0.1) is 0 Å². The van der Waals surface area contributed by atoms with Crippen molar-refractivity contribution in [2.75, 3.05) is 13.6 Å². The van der Waals surface area contributed by atoms with Gasteiger partial charge in [-0.05, 0) is 57.0 Å². The van der Waals surface area contributed by atoms with E-state index in [2.05, 4.69) is 5.32 Å². The van der Waals surface area contributed by atoms with E-state index in [0.29, 0.717) is 22.0 Å². The van der Waals surface area contributed by atoms with Crippen molar-refractivity contribution in [2.24, 2.45) is 0 Å². The minimum atomic E-state index is -3.89. The number of benzene rings is 2. The summed E-state index contributed by atoms with van der Waals surface area (Å²) in [5, 5.41) is 3.53. The molecule has 0 aliphatic carbocycles. The van der Waals surface area contributed by atoms with Crippen LogP contribution >= 0.6 is 23.2 Å². The number of hydrogen-bond donors (Lipinski definition) is 1. The molecule has 10 heteroatoms. The van der Waals surface area contributed by atoms with Crippen LogP contribution in [-0.4, -0.2) is 55.1 Å². The summed E-state index contributed by atoms with van der Waals surface area (Å²) in [5.41, 5.74) is 1.59. The van der Waals surface area contributed by atoms with Gasteiger partial charge in [-0.3, -0.25) is 9.59 Å². The van der Waals surface area contributed by atoms with Gasteiger partial charge in [0.05, 0.1) is 21.5 Å². The van der Waals surface area contributed by atoms with Crippen LogP contribution < -0.4 is 5.32 Å². The van der Waals surface area contributed by atoms with Crippen LogP contribution in [0.25, 0.3) is 0 Å². The first kappa shape index (κ1) is 28.1. The SMILES string of the molecule is CCC(C(=O)NC(C)C)N(Cc1ccc(Cl)c(Cl)c1)C(=O)CN(C)S(=O)(=O)c1ccc(C)cc1. The van der Waals surface area contributed by atoms with E-state index < -0.39 is 28.5 Å². The molecule has 0 fully saturated rings. The Morgan fingerprint density at radius 3 is 2.18 bits per heavy atom. The number of rotatable bonds is 10. The highest BCUT2D eigenvalue weighted by atomic mass is 35.5. The lowest BCUT2D eigenvalue weighted by atomic mass is 10.1. The van der Waals surface area contributed by atoms with Crippen LogP contribution in [0.4, 0.5) is 0 Å².